The van der Waals surface area contributed by atoms with Crippen LogP contribution in [0.3, 0.4) is 0 Å². The quantitative estimate of drug-likeness (QED) is 0.308. The number of nitrogens with zero attached hydrogens (tertiary/aromatic N) is 2. The van der Waals surface area contributed by atoms with Gasteiger partial charge in [0.25, 0.3) is 0 Å². The first kappa shape index (κ1) is 22.6. The van der Waals surface area contributed by atoms with Gasteiger partial charge in [0.05, 0.1) is 24.0 Å². The highest BCUT2D eigenvalue weighted by Gasteiger charge is 2.10. The van der Waals surface area contributed by atoms with Gasteiger partial charge in [-0.25, -0.2) is 4.98 Å². The zero-order chi connectivity index (χ0) is 22.7. The van der Waals surface area contributed by atoms with E-state index in [1.54, 1.807) is 0 Å². The van der Waals surface area contributed by atoms with Crippen molar-refractivity contribution in [3.63, 3.8) is 0 Å². The van der Waals surface area contributed by atoms with Crippen molar-refractivity contribution in [2.24, 2.45) is 0 Å². The number of amides is 1. The predicted octanol–water partition coefficient (Wildman–Crippen LogP) is 5.19. The minimum absolute atomic E-state index is 0.0846. The Kier molecular flexibility index (Phi) is 8.12. The molecule has 0 aliphatic carbocycles. The fraction of sp³-hybridized carbons (Fsp3) is 0.286. The Morgan fingerprint density at radius 3 is 2.39 bits per heavy atom. The average molecular weight is 442 g/mol. The third kappa shape index (κ3) is 6.69. The molecule has 0 saturated carbocycles. The lowest BCUT2D eigenvalue weighted by molar-refractivity contribution is -0.120. The lowest BCUT2D eigenvalue weighted by Crippen LogP contribution is -2.26. The highest BCUT2D eigenvalue weighted by molar-refractivity contribution is 5.78. The van der Waals surface area contributed by atoms with Crippen LogP contribution in [0.25, 0.3) is 11.0 Å². The zero-order valence-electron chi connectivity index (χ0n) is 19.0. The molecule has 0 spiro atoms. The van der Waals surface area contributed by atoms with Crippen LogP contribution in [0.2, 0.25) is 0 Å². The highest BCUT2D eigenvalue weighted by atomic mass is 16.5. The number of aryl methyl sites for hydroxylation is 1. The van der Waals surface area contributed by atoms with E-state index in [0.29, 0.717) is 19.6 Å². The number of hydrogen-bond donors (Lipinski definition) is 1. The number of aromatic nitrogens is 2. The number of ether oxygens (including phenoxy) is 1. The van der Waals surface area contributed by atoms with E-state index < -0.39 is 0 Å². The lowest BCUT2D eigenvalue weighted by Gasteiger charge is -2.11. The van der Waals surface area contributed by atoms with Crippen LogP contribution in [0.1, 0.15) is 30.7 Å². The molecular weight excluding hydrogens is 410 g/mol. The summed E-state index contributed by atoms with van der Waals surface area (Å²) in [6, 6.07) is 28.0. The maximum absolute atomic E-state index is 12.1. The van der Waals surface area contributed by atoms with Crippen molar-refractivity contribution >= 4 is 16.9 Å². The third-order valence-electron chi connectivity index (χ3n) is 5.67. The average Bonchev–Trinajstić information content (AvgIpc) is 3.20. The first-order valence-electron chi connectivity index (χ1n) is 11.7. The van der Waals surface area contributed by atoms with Crippen LogP contribution >= 0.6 is 0 Å². The molecule has 0 radical (unpaired) electrons. The van der Waals surface area contributed by atoms with E-state index in [2.05, 4.69) is 28.1 Å². The first-order chi connectivity index (χ1) is 16.3. The zero-order valence-corrected chi connectivity index (χ0v) is 19.0. The van der Waals surface area contributed by atoms with Crippen LogP contribution < -0.4 is 10.1 Å². The summed E-state index contributed by atoms with van der Waals surface area (Å²) < 4.78 is 8.19. The van der Waals surface area contributed by atoms with E-state index in [9.17, 15) is 4.79 Å². The van der Waals surface area contributed by atoms with Crippen molar-refractivity contribution in [2.75, 3.05) is 13.2 Å². The summed E-state index contributed by atoms with van der Waals surface area (Å²) in [5.41, 5.74) is 3.22. The Labute approximate surface area is 195 Å². The van der Waals surface area contributed by atoms with Gasteiger partial charge in [-0.2, -0.15) is 0 Å². The molecule has 5 heteroatoms. The van der Waals surface area contributed by atoms with Gasteiger partial charge in [-0.05, 0) is 42.7 Å². The SMILES string of the molecule is O=C(Cc1ccccc1)NCCCCCc1nc2ccccc2n1CCOc1ccccc1. The second kappa shape index (κ2) is 11.9. The van der Waals surface area contributed by atoms with E-state index in [0.717, 1.165) is 60.4 Å². The number of fused-ring (bicyclic) bond motifs is 1. The molecule has 1 aromatic heterocycles. The Morgan fingerprint density at radius 1 is 0.848 bits per heavy atom. The molecule has 1 N–H and O–H groups in total. The van der Waals surface area contributed by atoms with Crippen molar-refractivity contribution in [1.29, 1.82) is 0 Å². The van der Waals surface area contributed by atoms with Crippen molar-refractivity contribution in [3.05, 3.63) is 96.3 Å². The number of nitrogens with one attached hydrogen (secondary N) is 1. The van der Waals surface area contributed by atoms with Gasteiger partial charge in [0, 0.05) is 13.0 Å². The molecule has 4 rings (SSSR count). The minimum atomic E-state index is 0.0846. The minimum Gasteiger partial charge on any atom is -0.492 e. The van der Waals surface area contributed by atoms with Crippen molar-refractivity contribution in [1.82, 2.24) is 14.9 Å². The first-order valence-corrected chi connectivity index (χ1v) is 11.7. The van der Waals surface area contributed by atoms with Crippen LogP contribution in [0.4, 0.5) is 0 Å². The number of benzene rings is 3. The fourth-order valence-electron chi connectivity index (χ4n) is 3.99. The number of hydrogen-bond acceptors (Lipinski definition) is 3. The second-order valence-corrected chi connectivity index (χ2v) is 8.15. The predicted molar refractivity (Wildman–Crippen MR) is 132 cm³/mol. The molecule has 5 nitrogen and oxygen atoms in total. The number of carbonyl (C=O) groups excluding carboxylic acids is 1. The molecule has 0 aliphatic rings. The smallest absolute Gasteiger partial charge is 0.224 e. The molecular formula is C28H31N3O2. The van der Waals surface area contributed by atoms with E-state index in [1.807, 2.05) is 66.7 Å². The molecule has 0 atom stereocenters. The fourth-order valence-corrected chi connectivity index (χ4v) is 3.99. The molecule has 0 unspecified atom stereocenters. The van der Waals surface area contributed by atoms with Gasteiger partial charge in [-0.1, -0.05) is 67.1 Å². The monoisotopic (exact) mass is 441 g/mol. The molecule has 0 aliphatic heterocycles. The Hall–Kier alpha value is -3.60. The maximum Gasteiger partial charge on any atom is 0.224 e. The van der Waals surface area contributed by atoms with E-state index in [4.69, 9.17) is 9.72 Å². The van der Waals surface area contributed by atoms with Gasteiger partial charge in [-0.15, -0.1) is 0 Å². The molecule has 1 heterocycles. The summed E-state index contributed by atoms with van der Waals surface area (Å²) >= 11 is 0. The maximum atomic E-state index is 12.1. The summed E-state index contributed by atoms with van der Waals surface area (Å²) in [6.07, 6.45) is 4.42. The summed E-state index contributed by atoms with van der Waals surface area (Å²) in [4.78, 5) is 16.9. The molecule has 0 saturated heterocycles. The van der Waals surface area contributed by atoms with Crippen LogP contribution in [-0.2, 0) is 24.2 Å². The highest BCUT2D eigenvalue weighted by Crippen LogP contribution is 2.18. The van der Waals surface area contributed by atoms with Gasteiger partial charge < -0.3 is 14.6 Å². The van der Waals surface area contributed by atoms with Crippen LogP contribution in [-0.4, -0.2) is 28.6 Å². The van der Waals surface area contributed by atoms with Gasteiger partial charge in [0.1, 0.15) is 18.2 Å². The van der Waals surface area contributed by atoms with Crippen molar-refractivity contribution < 1.29 is 9.53 Å². The summed E-state index contributed by atoms with van der Waals surface area (Å²) in [7, 11) is 0. The third-order valence-corrected chi connectivity index (χ3v) is 5.67. The standard InChI is InChI=1S/C28H31N3O2/c32-28(22-23-12-4-1-5-13-23)29-19-11-3-8-18-27-30-25-16-9-10-17-26(25)31(27)20-21-33-24-14-6-2-7-15-24/h1-2,4-7,9-10,12-17H,3,8,11,18-22H2,(H,29,32). The number of rotatable bonds is 12. The van der Waals surface area contributed by atoms with Gasteiger partial charge in [0.15, 0.2) is 0 Å². The number of carbonyl (C=O) groups is 1. The number of unbranched alkanes of at least 4 members (excludes halogenated alkanes) is 2. The van der Waals surface area contributed by atoms with Crippen molar-refractivity contribution in [3.8, 4) is 5.75 Å². The van der Waals surface area contributed by atoms with Gasteiger partial charge in [-0.3, -0.25) is 4.79 Å². The summed E-state index contributed by atoms with van der Waals surface area (Å²) in [6.45, 7) is 2.08. The molecule has 170 valence electrons. The van der Waals surface area contributed by atoms with E-state index in [1.165, 1.54) is 0 Å². The second-order valence-electron chi connectivity index (χ2n) is 8.15. The van der Waals surface area contributed by atoms with Gasteiger partial charge >= 0.3 is 0 Å². The normalized spacial score (nSPS) is 10.9. The molecule has 0 bridgehead atoms. The van der Waals surface area contributed by atoms with Crippen LogP contribution in [0.15, 0.2) is 84.9 Å². The van der Waals surface area contributed by atoms with Gasteiger partial charge in [0.2, 0.25) is 5.91 Å². The molecule has 33 heavy (non-hydrogen) atoms. The molecule has 0 fully saturated rings. The Morgan fingerprint density at radius 2 is 1.58 bits per heavy atom. The largest absolute Gasteiger partial charge is 0.492 e. The van der Waals surface area contributed by atoms with Crippen molar-refractivity contribution in [2.45, 2.75) is 38.6 Å². The summed E-state index contributed by atoms with van der Waals surface area (Å²) in [5.74, 6) is 2.07. The topological polar surface area (TPSA) is 56.2 Å². The number of para-hydroxylation sites is 3. The molecule has 3 aromatic carbocycles. The summed E-state index contributed by atoms with van der Waals surface area (Å²) in [5, 5.41) is 3.03. The van der Waals surface area contributed by atoms with E-state index >= 15 is 0 Å². The Bertz CT molecular complexity index is 1140. The van der Waals surface area contributed by atoms with Crippen LogP contribution in [0, 0.1) is 0 Å². The lowest BCUT2D eigenvalue weighted by atomic mass is 10.1. The number of imidazole rings is 1. The Balaban J connectivity index is 1.23. The van der Waals surface area contributed by atoms with E-state index in [-0.39, 0.29) is 5.91 Å². The molecule has 1 amide bonds. The van der Waals surface area contributed by atoms with Crippen LogP contribution in [0.5, 0.6) is 5.75 Å². The molecule has 4 aromatic rings.